The van der Waals surface area contributed by atoms with E-state index >= 15 is 0 Å². The molecule has 3 aromatic rings. The largest absolute Gasteiger partial charge is 0.179 e. The van der Waals surface area contributed by atoms with Gasteiger partial charge in [0.25, 0.3) is 0 Å². The summed E-state index contributed by atoms with van der Waals surface area (Å²) in [4.78, 5) is 0. The fourth-order valence-electron chi connectivity index (χ4n) is 3.12. The molecule has 0 aliphatic rings. The Labute approximate surface area is 171 Å². The van der Waals surface area contributed by atoms with Crippen LogP contribution in [0.1, 0.15) is 0 Å². The Morgan fingerprint density at radius 2 is 0.846 bits per heavy atom. The molecule has 3 rings (SSSR count). The van der Waals surface area contributed by atoms with Crippen molar-refractivity contribution in [3.8, 4) is 0 Å². The van der Waals surface area contributed by atoms with E-state index in [1.807, 2.05) is 7.11 Å². The first-order valence-corrected chi connectivity index (χ1v) is 14.6. The van der Waals surface area contributed by atoms with E-state index in [0.717, 1.165) is 0 Å². The SMILES string of the molecule is COP(C)(c1ccccc1)(c1ccccc1)c1ccccc1.ClP(Cl)Cl. The minimum atomic E-state index is -2.90. The van der Waals surface area contributed by atoms with Gasteiger partial charge in [0, 0.05) is 0 Å². The van der Waals surface area contributed by atoms with Crippen LogP contribution in [-0.2, 0) is 4.52 Å². The van der Waals surface area contributed by atoms with Crippen molar-refractivity contribution < 1.29 is 4.52 Å². The molecule has 0 amide bonds. The van der Waals surface area contributed by atoms with Crippen LogP contribution in [0.15, 0.2) is 91.0 Å². The monoisotopic (exact) mass is 444 g/mol. The first kappa shape index (κ1) is 21.6. The van der Waals surface area contributed by atoms with E-state index in [4.69, 9.17) is 38.2 Å². The molecular weight excluding hydrogens is 425 g/mol. The third-order valence-corrected chi connectivity index (χ3v) is 10.1. The van der Waals surface area contributed by atoms with Crippen molar-refractivity contribution in [2.24, 2.45) is 0 Å². The van der Waals surface area contributed by atoms with Crippen LogP contribution in [0.2, 0.25) is 0 Å². The van der Waals surface area contributed by atoms with Gasteiger partial charge in [0.05, 0.1) is 0 Å². The number of hydrogen-bond donors (Lipinski definition) is 0. The zero-order valence-electron chi connectivity index (χ0n) is 14.6. The molecule has 0 fully saturated rings. The molecule has 6 heteroatoms. The summed E-state index contributed by atoms with van der Waals surface area (Å²) in [5.41, 5.74) is 0. The normalized spacial score (nSPS) is 12.6. The second-order valence-electron chi connectivity index (χ2n) is 5.84. The molecule has 0 saturated heterocycles. The first-order valence-electron chi connectivity index (χ1n) is 7.95. The van der Waals surface area contributed by atoms with Gasteiger partial charge in [-0.2, -0.15) is 0 Å². The summed E-state index contributed by atoms with van der Waals surface area (Å²) >= 11 is 14.6. The average Bonchev–Trinajstić information content (AvgIpc) is 2.69. The minimum absolute atomic E-state index is 1.20. The Kier molecular flexibility index (Phi) is 7.92. The van der Waals surface area contributed by atoms with Gasteiger partial charge in [-0.15, -0.1) is 0 Å². The molecule has 0 N–H and O–H groups in total. The van der Waals surface area contributed by atoms with E-state index in [1.54, 1.807) is 0 Å². The molecule has 0 atom stereocenters. The summed E-state index contributed by atoms with van der Waals surface area (Å²) in [6.07, 6.45) is 0. The summed E-state index contributed by atoms with van der Waals surface area (Å²) < 4.78 is 6.41. The number of halogens is 3. The van der Waals surface area contributed by atoms with Crippen LogP contribution in [-0.4, -0.2) is 13.8 Å². The maximum Gasteiger partial charge on any atom is 0.179 e. The Bertz CT molecular complexity index is 697. The van der Waals surface area contributed by atoms with E-state index in [0.29, 0.717) is 0 Å². The van der Waals surface area contributed by atoms with Gasteiger partial charge in [0.1, 0.15) is 0 Å². The molecule has 0 aliphatic heterocycles. The average molecular weight is 446 g/mol. The van der Waals surface area contributed by atoms with Crippen molar-refractivity contribution in [2.75, 3.05) is 13.8 Å². The van der Waals surface area contributed by atoms with Crippen molar-refractivity contribution in [2.45, 2.75) is 0 Å². The summed E-state index contributed by atoms with van der Waals surface area (Å²) in [5.74, 6) is -1.20. The van der Waals surface area contributed by atoms with E-state index in [2.05, 4.69) is 97.7 Å². The standard InChI is InChI=1S/C20H21OP.Cl3P/c1-21-22(2,18-12-6-3-7-13-18,19-14-8-4-9-15-19)20-16-10-5-11-17-20;1-4(2)3/h3-17H,1-2H3;. The van der Waals surface area contributed by atoms with Crippen LogP contribution in [0.3, 0.4) is 0 Å². The Hall–Kier alpha value is -0.650. The second-order valence-corrected chi connectivity index (χ2v) is 15.7. The van der Waals surface area contributed by atoms with E-state index in [1.165, 1.54) is 15.9 Å². The first-order chi connectivity index (χ1) is 12.4. The quantitative estimate of drug-likeness (QED) is 0.409. The van der Waals surface area contributed by atoms with Crippen molar-refractivity contribution >= 4 is 62.4 Å². The zero-order valence-corrected chi connectivity index (χ0v) is 18.7. The fraction of sp³-hybridized carbons (Fsp3) is 0.100. The van der Waals surface area contributed by atoms with Crippen molar-refractivity contribution in [3.05, 3.63) is 91.0 Å². The van der Waals surface area contributed by atoms with Crippen molar-refractivity contribution in [1.29, 1.82) is 0 Å². The summed E-state index contributed by atoms with van der Waals surface area (Å²) in [6, 6.07) is 31.8. The molecule has 0 unspecified atom stereocenters. The molecule has 0 aliphatic carbocycles. The molecule has 0 spiro atoms. The van der Waals surface area contributed by atoms with Gasteiger partial charge in [-0.05, 0) is 0 Å². The topological polar surface area (TPSA) is 9.23 Å². The van der Waals surface area contributed by atoms with E-state index in [9.17, 15) is 0 Å². The van der Waals surface area contributed by atoms with Gasteiger partial charge < -0.3 is 0 Å². The van der Waals surface area contributed by atoms with Gasteiger partial charge in [0.2, 0.25) is 0 Å². The number of rotatable bonds is 4. The third-order valence-electron chi connectivity index (χ3n) is 4.59. The van der Waals surface area contributed by atoms with Crippen LogP contribution in [0, 0.1) is 0 Å². The smallest absolute Gasteiger partial charge is 0.0596 e. The molecular formula is C20H21Cl3OP2. The van der Waals surface area contributed by atoms with Crippen LogP contribution in [0.5, 0.6) is 0 Å². The Morgan fingerprint density at radius 3 is 1.04 bits per heavy atom. The van der Waals surface area contributed by atoms with E-state index < -0.39 is 12.8 Å². The molecule has 0 aromatic heterocycles. The van der Waals surface area contributed by atoms with Crippen LogP contribution in [0.25, 0.3) is 0 Å². The minimum Gasteiger partial charge on any atom is -0.0596 e. The number of benzene rings is 3. The zero-order chi connectivity index (χ0) is 19.1. The van der Waals surface area contributed by atoms with Crippen LogP contribution >= 0.6 is 46.5 Å². The van der Waals surface area contributed by atoms with E-state index in [-0.39, 0.29) is 0 Å². The molecule has 138 valence electrons. The van der Waals surface area contributed by atoms with Gasteiger partial charge >= 0.3 is 132 Å². The Balaban J connectivity index is 0.000000552. The maximum atomic E-state index is 6.41. The molecule has 0 radical (unpaired) electrons. The van der Waals surface area contributed by atoms with Gasteiger partial charge in [0.15, 0.2) is 5.98 Å². The van der Waals surface area contributed by atoms with Gasteiger partial charge in [-0.1, -0.05) is 33.7 Å². The summed E-state index contributed by atoms with van der Waals surface area (Å²) in [5, 5.41) is 3.73. The van der Waals surface area contributed by atoms with Gasteiger partial charge in [-0.3, -0.25) is 0 Å². The molecule has 1 nitrogen and oxygen atoms in total. The summed E-state index contributed by atoms with van der Waals surface area (Å²) in [7, 11) is 1.84. The second kappa shape index (κ2) is 9.52. The van der Waals surface area contributed by atoms with Crippen molar-refractivity contribution in [3.63, 3.8) is 0 Å². The molecule has 0 bridgehead atoms. The van der Waals surface area contributed by atoms with Gasteiger partial charge in [-0.25, -0.2) is 0 Å². The number of hydrogen-bond acceptors (Lipinski definition) is 1. The Morgan fingerprint density at radius 1 is 0.615 bits per heavy atom. The molecule has 3 aromatic carbocycles. The van der Waals surface area contributed by atoms with Crippen LogP contribution < -0.4 is 15.9 Å². The fourth-order valence-corrected chi connectivity index (χ4v) is 7.32. The van der Waals surface area contributed by atoms with Crippen LogP contribution in [0.4, 0.5) is 0 Å². The van der Waals surface area contributed by atoms with Crippen molar-refractivity contribution in [1.82, 2.24) is 0 Å². The summed E-state index contributed by atoms with van der Waals surface area (Å²) in [6.45, 7) is -0.617. The molecule has 0 heterocycles. The predicted octanol–water partition coefficient (Wildman–Crippen LogP) is 6.64. The maximum absolute atomic E-state index is 6.41. The molecule has 26 heavy (non-hydrogen) atoms. The third kappa shape index (κ3) is 4.42. The predicted molar refractivity (Wildman–Crippen MR) is 123 cm³/mol. The molecule has 0 saturated carbocycles.